The quantitative estimate of drug-likeness (QED) is 0.628. The number of hydrogen-bond donors (Lipinski definition) is 3. The number of hydrogen-bond acceptors (Lipinski definition) is 3. The molecular weight excluding hydrogens is 331 g/mol. The summed E-state index contributed by atoms with van der Waals surface area (Å²) in [5.74, 6) is 0. The van der Waals surface area contributed by atoms with Gasteiger partial charge < -0.3 is 0 Å². The standard InChI is InChI=1S/C18H15ClO3P/c19-15-11-12-16(23(20,21)22)18(14-9-5-2-6-10-14)17(15)13-7-3-1-4-8-13/h1-12,20-22H/q+1. The van der Waals surface area contributed by atoms with Crippen molar-refractivity contribution in [3.63, 3.8) is 0 Å². The monoisotopic (exact) mass is 345 g/mol. The van der Waals surface area contributed by atoms with Gasteiger partial charge in [-0.05, 0) is 23.3 Å². The van der Waals surface area contributed by atoms with Gasteiger partial charge in [-0.15, -0.1) is 0 Å². The molecule has 3 aromatic rings. The first-order valence-electron chi connectivity index (χ1n) is 6.99. The first-order chi connectivity index (χ1) is 11.0. The van der Waals surface area contributed by atoms with E-state index in [4.69, 9.17) is 11.6 Å². The Bertz CT molecular complexity index is 815. The van der Waals surface area contributed by atoms with E-state index in [-0.39, 0.29) is 5.30 Å². The number of rotatable bonds is 3. The van der Waals surface area contributed by atoms with Crippen molar-refractivity contribution >= 4 is 24.8 Å². The summed E-state index contributed by atoms with van der Waals surface area (Å²) in [6.45, 7) is 0. The second kappa shape index (κ2) is 6.40. The Kier molecular flexibility index (Phi) is 4.49. The predicted molar refractivity (Wildman–Crippen MR) is 95.5 cm³/mol. The van der Waals surface area contributed by atoms with Gasteiger partial charge in [-0.25, -0.2) is 0 Å². The van der Waals surface area contributed by atoms with E-state index in [0.29, 0.717) is 16.1 Å². The molecule has 5 heteroatoms. The van der Waals surface area contributed by atoms with Crippen molar-refractivity contribution in [2.75, 3.05) is 0 Å². The summed E-state index contributed by atoms with van der Waals surface area (Å²) in [6.07, 6.45) is 0. The summed E-state index contributed by atoms with van der Waals surface area (Å²) in [7, 11) is -4.20. The van der Waals surface area contributed by atoms with Gasteiger partial charge in [-0.2, -0.15) is 14.7 Å². The van der Waals surface area contributed by atoms with Crippen LogP contribution in [0.15, 0.2) is 72.8 Å². The molecule has 0 unspecified atom stereocenters. The molecule has 3 nitrogen and oxygen atoms in total. The molecule has 0 aliphatic heterocycles. The Morgan fingerprint density at radius 3 is 1.57 bits per heavy atom. The molecule has 0 heterocycles. The van der Waals surface area contributed by atoms with Crippen LogP contribution in [0.2, 0.25) is 5.02 Å². The Hall–Kier alpha value is -1.74. The second-order valence-corrected chi connectivity index (χ2v) is 7.14. The Morgan fingerprint density at radius 1 is 0.609 bits per heavy atom. The van der Waals surface area contributed by atoms with Crippen molar-refractivity contribution in [2.45, 2.75) is 0 Å². The maximum absolute atomic E-state index is 9.87. The molecule has 3 N–H and O–H groups in total. The fourth-order valence-corrected chi connectivity index (χ4v) is 3.68. The van der Waals surface area contributed by atoms with Crippen LogP contribution in [0.25, 0.3) is 22.3 Å². The highest BCUT2D eigenvalue weighted by atomic mass is 35.5. The molecule has 0 fully saturated rings. The molecule has 0 aromatic heterocycles. The average Bonchev–Trinajstić information content (AvgIpc) is 2.55. The molecule has 3 rings (SSSR count). The SMILES string of the molecule is O[P+](O)(O)c1ccc(Cl)c(-c2ccccc2)c1-c1ccccc1. The second-order valence-electron chi connectivity index (χ2n) is 5.12. The zero-order chi connectivity index (χ0) is 16.4. The van der Waals surface area contributed by atoms with Gasteiger partial charge in [0.25, 0.3) is 0 Å². The van der Waals surface area contributed by atoms with Crippen LogP contribution in [-0.2, 0) is 0 Å². The topological polar surface area (TPSA) is 60.7 Å². The molecule has 0 saturated heterocycles. The van der Waals surface area contributed by atoms with Gasteiger partial charge in [0.15, 0.2) is 5.30 Å². The van der Waals surface area contributed by atoms with E-state index in [0.717, 1.165) is 11.1 Å². The van der Waals surface area contributed by atoms with Crippen molar-refractivity contribution in [1.29, 1.82) is 0 Å². The minimum Gasteiger partial charge on any atom is -0.189 e. The summed E-state index contributed by atoms with van der Waals surface area (Å²) >= 11 is 6.40. The largest absolute Gasteiger partial charge is 0.441 e. The predicted octanol–water partition coefficient (Wildman–Crippen LogP) is 4.04. The van der Waals surface area contributed by atoms with E-state index in [9.17, 15) is 14.7 Å². The minimum atomic E-state index is -4.20. The smallest absolute Gasteiger partial charge is 0.189 e. The van der Waals surface area contributed by atoms with Crippen molar-refractivity contribution < 1.29 is 14.7 Å². The molecule has 0 amide bonds. The van der Waals surface area contributed by atoms with Crippen LogP contribution in [0.4, 0.5) is 0 Å². The fraction of sp³-hybridized carbons (Fsp3) is 0. The molecule has 3 aromatic carbocycles. The maximum Gasteiger partial charge on any atom is 0.441 e. The van der Waals surface area contributed by atoms with E-state index in [1.54, 1.807) is 6.07 Å². The number of benzene rings is 3. The first kappa shape index (κ1) is 16.1. The summed E-state index contributed by atoms with van der Waals surface area (Å²) < 4.78 is 0. The molecule has 0 aliphatic carbocycles. The summed E-state index contributed by atoms with van der Waals surface area (Å²) in [5, 5.41) is 0.569. The van der Waals surface area contributed by atoms with Crippen molar-refractivity contribution in [3.8, 4) is 22.3 Å². The fourth-order valence-electron chi connectivity index (χ4n) is 2.60. The molecule has 116 valence electrons. The zero-order valence-corrected chi connectivity index (χ0v) is 13.7. The normalized spacial score (nSPS) is 11.5. The molecule has 0 aliphatic rings. The Labute approximate surface area is 140 Å². The minimum absolute atomic E-state index is 0.0898. The molecule has 0 saturated carbocycles. The average molecular weight is 346 g/mol. The third kappa shape index (κ3) is 3.30. The highest BCUT2D eigenvalue weighted by Crippen LogP contribution is 2.49. The lowest BCUT2D eigenvalue weighted by Gasteiger charge is -2.16. The molecule has 0 atom stereocenters. The van der Waals surface area contributed by atoms with Crippen LogP contribution in [0.5, 0.6) is 0 Å². The number of halogens is 1. The van der Waals surface area contributed by atoms with E-state index in [1.165, 1.54) is 6.07 Å². The van der Waals surface area contributed by atoms with Crippen molar-refractivity contribution in [3.05, 3.63) is 77.8 Å². The van der Waals surface area contributed by atoms with E-state index >= 15 is 0 Å². The van der Waals surface area contributed by atoms with Gasteiger partial charge in [0, 0.05) is 16.1 Å². The summed E-state index contributed by atoms with van der Waals surface area (Å²) in [4.78, 5) is 29.6. The lowest BCUT2D eigenvalue weighted by atomic mass is 9.94. The van der Waals surface area contributed by atoms with Crippen LogP contribution >= 0.6 is 19.5 Å². The van der Waals surface area contributed by atoms with Gasteiger partial charge in [0.2, 0.25) is 0 Å². The van der Waals surface area contributed by atoms with Gasteiger partial charge in [0.05, 0.1) is 0 Å². The molecule has 0 radical (unpaired) electrons. The van der Waals surface area contributed by atoms with Gasteiger partial charge in [-0.1, -0.05) is 72.3 Å². The lowest BCUT2D eigenvalue weighted by molar-refractivity contribution is 0.347. The Balaban J connectivity index is 2.39. The van der Waals surface area contributed by atoms with Crippen LogP contribution in [0, 0.1) is 0 Å². The zero-order valence-electron chi connectivity index (χ0n) is 12.1. The first-order valence-corrected chi connectivity index (χ1v) is 9.02. The highest BCUT2D eigenvalue weighted by molar-refractivity contribution is 7.67. The van der Waals surface area contributed by atoms with Crippen LogP contribution in [-0.4, -0.2) is 14.7 Å². The van der Waals surface area contributed by atoms with E-state index in [2.05, 4.69) is 0 Å². The molecule has 23 heavy (non-hydrogen) atoms. The van der Waals surface area contributed by atoms with Crippen LogP contribution in [0.3, 0.4) is 0 Å². The molecule has 0 spiro atoms. The Morgan fingerprint density at radius 2 is 1.09 bits per heavy atom. The summed E-state index contributed by atoms with van der Waals surface area (Å²) in [6, 6.07) is 21.7. The maximum atomic E-state index is 9.87. The van der Waals surface area contributed by atoms with Crippen LogP contribution < -0.4 is 5.30 Å². The van der Waals surface area contributed by atoms with Crippen molar-refractivity contribution in [1.82, 2.24) is 0 Å². The van der Waals surface area contributed by atoms with Gasteiger partial charge in [0.1, 0.15) is 0 Å². The molecule has 0 bridgehead atoms. The highest BCUT2D eigenvalue weighted by Gasteiger charge is 2.39. The van der Waals surface area contributed by atoms with Gasteiger partial charge in [-0.3, -0.25) is 0 Å². The van der Waals surface area contributed by atoms with E-state index < -0.39 is 7.94 Å². The molecular formula is C18H15ClO3P+. The van der Waals surface area contributed by atoms with Gasteiger partial charge >= 0.3 is 7.94 Å². The van der Waals surface area contributed by atoms with Crippen molar-refractivity contribution in [2.24, 2.45) is 0 Å². The summed E-state index contributed by atoms with van der Waals surface area (Å²) in [5.41, 5.74) is 2.79. The van der Waals surface area contributed by atoms with Crippen LogP contribution in [0.1, 0.15) is 0 Å². The third-order valence-corrected chi connectivity index (χ3v) is 4.91. The lowest BCUT2D eigenvalue weighted by Crippen LogP contribution is -2.14. The third-order valence-electron chi connectivity index (χ3n) is 3.58. The van der Waals surface area contributed by atoms with E-state index in [1.807, 2.05) is 60.7 Å².